The van der Waals surface area contributed by atoms with E-state index < -0.39 is 0 Å². The van der Waals surface area contributed by atoms with Crippen molar-refractivity contribution in [3.8, 4) is 5.75 Å². The van der Waals surface area contributed by atoms with Gasteiger partial charge in [-0.1, -0.05) is 71.3 Å². The van der Waals surface area contributed by atoms with Gasteiger partial charge in [0.1, 0.15) is 5.75 Å². The molecule has 0 radical (unpaired) electrons. The SMILES string of the molecule is CCCCN(C)C(=O)CCCCCCCCCCC1Cc2cc(O)ccc2[C@H]2CC[C@]3(C)C(O)CC[C@H]3[C@H]12. The molecule has 3 aliphatic rings. The number of phenolic OH excluding ortho intramolecular Hbond substituents is 1. The fraction of sp³-hybridized carbons (Fsp3) is 0.794. The minimum absolute atomic E-state index is 0.101. The number of phenols is 1. The van der Waals surface area contributed by atoms with Gasteiger partial charge in [0.2, 0.25) is 5.91 Å². The molecule has 4 rings (SSSR count). The van der Waals surface area contributed by atoms with Crippen LogP contribution >= 0.6 is 0 Å². The Labute approximate surface area is 232 Å². The van der Waals surface area contributed by atoms with Gasteiger partial charge in [-0.05, 0) is 104 Å². The Bertz CT molecular complexity index is 900. The lowest BCUT2D eigenvalue weighted by atomic mass is 9.52. The largest absolute Gasteiger partial charge is 0.508 e. The second kappa shape index (κ2) is 13.7. The van der Waals surface area contributed by atoms with Gasteiger partial charge in [-0.25, -0.2) is 0 Å². The van der Waals surface area contributed by atoms with Crippen LogP contribution in [0.15, 0.2) is 18.2 Å². The fourth-order valence-electron chi connectivity index (χ4n) is 8.49. The molecule has 4 heteroatoms. The molecule has 38 heavy (non-hydrogen) atoms. The quantitative estimate of drug-likeness (QED) is 0.242. The van der Waals surface area contributed by atoms with Crippen LogP contribution in [0.1, 0.15) is 134 Å². The predicted molar refractivity (Wildman–Crippen MR) is 156 cm³/mol. The molecule has 3 aliphatic carbocycles. The molecule has 0 heterocycles. The zero-order chi connectivity index (χ0) is 27.1. The number of carbonyl (C=O) groups is 1. The third kappa shape index (κ3) is 6.77. The summed E-state index contributed by atoms with van der Waals surface area (Å²) in [5.41, 5.74) is 2.97. The molecule has 6 atom stereocenters. The molecule has 2 saturated carbocycles. The monoisotopic (exact) mass is 525 g/mol. The first-order valence-corrected chi connectivity index (χ1v) is 16.1. The number of hydrogen-bond donors (Lipinski definition) is 2. The lowest BCUT2D eigenvalue weighted by molar-refractivity contribution is -0.130. The van der Waals surface area contributed by atoms with E-state index in [9.17, 15) is 15.0 Å². The number of benzene rings is 1. The summed E-state index contributed by atoms with van der Waals surface area (Å²) in [6, 6.07) is 6.12. The average molecular weight is 526 g/mol. The van der Waals surface area contributed by atoms with E-state index in [1.54, 1.807) is 0 Å². The highest BCUT2D eigenvalue weighted by atomic mass is 16.3. The molecule has 0 aliphatic heterocycles. The maximum Gasteiger partial charge on any atom is 0.222 e. The van der Waals surface area contributed by atoms with E-state index in [1.807, 2.05) is 24.1 Å². The topological polar surface area (TPSA) is 60.8 Å². The first kappa shape index (κ1) is 29.4. The highest BCUT2D eigenvalue weighted by Crippen LogP contribution is 2.62. The van der Waals surface area contributed by atoms with Crippen molar-refractivity contribution < 1.29 is 15.0 Å². The summed E-state index contributed by atoms with van der Waals surface area (Å²) in [6.45, 7) is 5.44. The standard InChI is InChI=1S/C34H55NO3/c1-4-5-22-35(3)32(38)15-13-11-9-7-6-8-10-12-14-25-23-26-24-27(36)16-17-28(26)29-20-21-34(2)30(33(25)29)18-19-31(34)37/h16-17,24-25,29-31,33,36-37H,4-15,18-23H2,1-3H3/t25?,29-,30+,31?,33-,34+/m1/s1. The van der Waals surface area contributed by atoms with Crippen LogP contribution in [0.2, 0.25) is 0 Å². The van der Waals surface area contributed by atoms with Gasteiger partial charge in [0.05, 0.1) is 6.10 Å². The van der Waals surface area contributed by atoms with Crippen LogP contribution in [0.5, 0.6) is 5.75 Å². The van der Waals surface area contributed by atoms with Gasteiger partial charge in [-0.15, -0.1) is 0 Å². The predicted octanol–water partition coefficient (Wildman–Crippen LogP) is 7.99. The van der Waals surface area contributed by atoms with Crippen molar-refractivity contribution in [3.63, 3.8) is 0 Å². The van der Waals surface area contributed by atoms with Crippen molar-refractivity contribution in [1.29, 1.82) is 0 Å². The lowest BCUT2D eigenvalue weighted by Gasteiger charge is -2.53. The number of fused-ring (bicyclic) bond motifs is 5. The summed E-state index contributed by atoms with van der Waals surface area (Å²) in [4.78, 5) is 14.1. The van der Waals surface area contributed by atoms with Gasteiger partial charge >= 0.3 is 0 Å². The molecule has 0 aromatic heterocycles. The number of aromatic hydroxyl groups is 1. The van der Waals surface area contributed by atoms with Gasteiger partial charge in [0.15, 0.2) is 0 Å². The van der Waals surface area contributed by atoms with Crippen molar-refractivity contribution >= 4 is 5.91 Å². The van der Waals surface area contributed by atoms with Crippen LogP contribution < -0.4 is 0 Å². The van der Waals surface area contributed by atoms with E-state index in [0.29, 0.717) is 41.7 Å². The summed E-state index contributed by atoms with van der Waals surface area (Å²) in [5.74, 6) is 3.33. The van der Waals surface area contributed by atoms with Gasteiger partial charge in [-0.3, -0.25) is 4.79 Å². The Morgan fingerprint density at radius 3 is 2.45 bits per heavy atom. The first-order chi connectivity index (χ1) is 18.3. The Balaban J connectivity index is 1.19. The molecule has 2 N–H and O–H groups in total. The van der Waals surface area contributed by atoms with Crippen LogP contribution in [0.3, 0.4) is 0 Å². The fourth-order valence-corrected chi connectivity index (χ4v) is 8.49. The lowest BCUT2D eigenvalue weighted by Crippen LogP contribution is -2.47. The minimum Gasteiger partial charge on any atom is -0.508 e. The van der Waals surface area contributed by atoms with E-state index in [1.165, 1.54) is 75.3 Å². The van der Waals surface area contributed by atoms with E-state index in [2.05, 4.69) is 19.9 Å². The summed E-state index contributed by atoms with van der Waals surface area (Å²) in [5, 5.41) is 21.1. The molecular formula is C34H55NO3. The van der Waals surface area contributed by atoms with Gasteiger partial charge < -0.3 is 15.1 Å². The number of unbranched alkanes of at least 4 members (excludes halogenated alkanes) is 8. The average Bonchev–Trinajstić information content (AvgIpc) is 3.21. The van der Waals surface area contributed by atoms with Crippen molar-refractivity contribution in [1.82, 2.24) is 4.90 Å². The zero-order valence-corrected chi connectivity index (χ0v) is 24.6. The Kier molecular flexibility index (Phi) is 10.6. The molecule has 0 saturated heterocycles. The number of carbonyl (C=O) groups excluding carboxylic acids is 1. The summed E-state index contributed by atoms with van der Waals surface area (Å²) in [6.07, 6.45) is 19.7. The van der Waals surface area contributed by atoms with Gasteiger partial charge in [0.25, 0.3) is 0 Å². The molecular weight excluding hydrogens is 470 g/mol. The number of rotatable bonds is 14. The molecule has 1 aromatic carbocycles. The van der Waals surface area contributed by atoms with Crippen molar-refractivity contribution in [2.24, 2.45) is 23.2 Å². The highest BCUT2D eigenvalue weighted by Gasteiger charge is 2.56. The van der Waals surface area contributed by atoms with Crippen LogP contribution in [0.4, 0.5) is 0 Å². The van der Waals surface area contributed by atoms with Gasteiger partial charge in [-0.2, -0.15) is 0 Å². The van der Waals surface area contributed by atoms with Gasteiger partial charge in [0, 0.05) is 20.0 Å². The Hall–Kier alpha value is -1.55. The van der Waals surface area contributed by atoms with Crippen molar-refractivity contribution in [3.05, 3.63) is 29.3 Å². The third-order valence-electron chi connectivity index (χ3n) is 10.8. The number of hydrogen-bond acceptors (Lipinski definition) is 3. The molecule has 2 fully saturated rings. The summed E-state index contributed by atoms with van der Waals surface area (Å²) < 4.78 is 0. The molecule has 0 spiro atoms. The number of amides is 1. The first-order valence-electron chi connectivity index (χ1n) is 16.1. The van der Waals surface area contributed by atoms with Crippen LogP contribution in [0, 0.1) is 23.2 Å². The van der Waals surface area contributed by atoms with E-state index in [4.69, 9.17) is 0 Å². The van der Waals surface area contributed by atoms with Crippen LogP contribution in [-0.4, -0.2) is 40.7 Å². The van der Waals surface area contributed by atoms with Crippen molar-refractivity contribution in [2.45, 2.75) is 135 Å². The second-order valence-corrected chi connectivity index (χ2v) is 13.3. The molecule has 4 nitrogen and oxygen atoms in total. The smallest absolute Gasteiger partial charge is 0.222 e. The molecule has 1 amide bonds. The molecule has 0 bridgehead atoms. The minimum atomic E-state index is -0.129. The normalized spacial score (nSPS) is 29.9. The summed E-state index contributed by atoms with van der Waals surface area (Å²) in [7, 11) is 1.94. The number of aliphatic hydroxyl groups excluding tert-OH is 1. The number of nitrogens with zero attached hydrogens (tertiary/aromatic N) is 1. The van der Waals surface area contributed by atoms with Crippen LogP contribution in [-0.2, 0) is 11.2 Å². The van der Waals surface area contributed by atoms with E-state index in [0.717, 1.165) is 45.1 Å². The zero-order valence-electron chi connectivity index (χ0n) is 24.6. The molecule has 1 aromatic rings. The maximum absolute atomic E-state index is 12.2. The summed E-state index contributed by atoms with van der Waals surface area (Å²) >= 11 is 0. The van der Waals surface area contributed by atoms with E-state index >= 15 is 0 Å². The maximum atomic E-state index is 12.2. The molecule has 2 unspecified atom stereocenters. The Morgan fingerprint density at radius 2 is 1.71 bits per heavy atom. The molecule has 214 valence electrons. The Morgan fingerprint density at radius 1 is 1.00 bits per heavy atom. The highest BCUT2D eigenvalue weighted by molar-refractivity contribution is 5.75. The second-order valence-electron chi connectivity index (χ2n) is 13.3. The number of aliphatic hydroxyl groups is 1. The van der Waals surface area contributed by atoms with E-state index in [-0.39, 0.29) is 11.5 Å². The van der Waals surface area contributed by atoms with Crippen LogP contribution in [0.25, 0.3) is 0 Å². The third-order valence-corrected chi connectivity index (χ3v) is 10.8. The van der Waals surface area contributed by atoms with Crippen molar-refractivity contribution in [2.75, 3.05) is 13.6 Å².